The molecule has 0 fully saturated rings. The summed E-state index contributed by atoms with van der Waals surface area (Å²) in [4.78, 5) is 15.7. The largest absolute Gasteiger partial charge is 0.354 e. The van der Waals surface area contributed by atoms with Crippen LogP contribution in [-0.2, 0) is 11.2 Å². The van der Waals surface area contributed by atoms with Crippen LogP contribution in [0.2, 0.25) is 0 Å². The van der Waals surface area contributed by atoms with Crippen molar-refractivity contribution in [2.24, 2.45) is 5.73 Å². The Bertz CT molecular complexity index is 488. The molecule has 17 heavy (non-hydrogen) atoms. The summed E-state index contributed by atoms with van der Waals surface area (Å²) in [5, 5.41) is 3.82. The van der Waals surface area contributed by atoms with Crippen molar-refractivity contribution >= 4 is 27.5 Å². The Morgan fingerprint density at radius 1 is 1.53 bits per heavy atom. The number of thiazole rings is 1. The SMILES string of the molecule is C[C@@H](N)C(=O)NCCc1nc2ccccc2s1. The number of fused-ring (bicyclic) bond motifs is 1. The number of nitrogens with one attached hydrogen (secondary N) is 1. The first kappa shape index (κ1) is 12.0. The summed E-state index contributed by atoms with van der Waals surface area (Å²) < 4.78 is 1.18. The molecule has 0 unspecified atom stereocenters. The lowest BCUT2D eigenvalue weighted by atomic mass is 10.3. The van der Waals surface area contributed by atoms with Crippen LogP contribution in [0.5, 0.6) is 0 Å². The van der Waals surface area contributed by atoms with Crippen LogP contribution in [0.3, 0.4) is 0 Å². The Hall–Kier alpha value is -1.46. The van der Waals surface area contributed by atoms with Gasteiger partial charge in [0, 0.05) is 13.0 Å². The zero-order valence-electron chi connectivity index (χ0n) is 9.64. The number of hydrogen-bond acceptors (Lipinski definition) is 4. The summed E-state index contributed by atoms with van der Waals surface area (Å²) in [5.74, 6) is -0.119. The van der Waals surface area contributed by atoms with Gasteiger partial charge in [0.1, 0.15) is 0 Å². The van der Waals surface area contributed by atoms with Crippen molar-refractivity contribution in [1.82, 2.24) is 10.3 Å². The minimum atomic E-state index is -0.453. The molecular formula is C12H15N3OS. The quantitative estimate of drug-likeness (QED) is 0.858. The van der Waals surface area contributed by atoms with Crippen molar-refractivity contribution in [3.8, 4) is 0 Å². The third-order valence-electron chi connectivity index (χ3n) is 2.39. The van der Waals surface area contributed by atoms with Gasteiger partial charge < -0.3 is 11.1 Å². The van der Waals surface area contributed by atoms with Gasteiger partial charge in [0.2, 0.25) is 5.91 Å². The Morgan fingerprint density at radius 2 is 2.29 bits per heavy atom. The molecule has 0 aliphatic heterocycles. The van der Waals surface area contributed by atoms with Gasteiger partial charge in [-0.25, -0.2) is 4.98 Å². The Kier molecular flexibility index (Phi) is 3.71. The molecule has 1 aromatic heterocycles. The monoisotopic (exact) mass is 249 g/mol. The molecule has 1 aromatic carbocycles. The molecule has 0 aliphatic rings. The van der Waals surface area contributed by atoms with E-state index >= 15 is 0 Å². The van der Waals surface area contributed by atoms with E-state index < -0.39 is 6.04 Å². The highest BCUT2D eigenvalue weighted by Crippen LogP contribution is 2.21. The van der Waals surface area contributed by atoms with Crippen LogP contribution in [0.1, 0.15) is 11.9 Å². The second-order valence-corrected chi connectivity index (χ2v) is 5.02. The average molecular weight is 249 g/mol. The van der Waals surface area contributed by atoms with Crippen molar-refractivity contribution in [3.05, 3.63) is 29.3 Å². The molecule has 0 saturated heterocycles. The molecule has 0 bridgehead atoms. The first-order valence-corrected chi connectivity index (χ1v) is 6.36. The number of benzene rings is 1. The van der Waals surface area contributed by atoms with E-state index in [4.69, 9.17) is 5.73 Å². The highest BCUT2D eigenvalue weighted by Gasteiger charge is 2.07. The Balaban J connectivity index is 1.93. The third kappa shape index (κ3) is 3.01. The number of carbonyl (C=O) groups is 1. The van der Waals surface area contributed by atoms with Crippen LogP contribution < -0.4 is 11.1 Å². The van der Waals surface area contributed by atoms with Crippen LogP contribution in [0.4, 0.5) is 0 Å². The van der Waals surface area contributed by atoms with Crippen LogP contribution in [0.15, 0.2) is 24.3 Å². The molecule has 1 heterocycles. The third-order valence-corrected chi connectivity index (χ3v) is 3.49. The predicted octanol–water partition coefficient (Wildman–Crippen LogP) is 1.30. The molecule has 0 spiro atoms. The summed E-state index contributed by atoms with van der Waals surface area (Å²) in [6.45, 7) is 2.26. The van der Waals surface area contributed by atoms with Crippen LogP contribution >= 0.6 is 11.3 Å². The van der Waals surface area contributed by atoms with E-state index in [1.165, 1.54) is 4.70 Å². The molecule has 5 heteroatoms. The van der Waals surface area contributed by atoms with Gasteiger partial charge in [0.15, 0.2) is 0 Å². The van der Waals surface area contributed by atoms with E-state index in [-0.39, 0.29) is 5.91 Å². The first-order valence-electron chi connectivity index (χ1n) is 5.54. The fourth-order valence-electron chi connectivity index (χ4n) is 1.48. The average Bonchev–Trinajstić information content (AvgIpc) is 2.71. The lowest BCUT2D eigenvalue weighted by Crippen LogP contribution is -2.39. The first-order chi connectivity index (χ1) is 8.16. The molecule has 1 amide bonds. The standard InChI is InChI=1S/C12H15N3OS/c1-8(13)12(16)14-7-6-11-15-9-4-2-3-5-10(9)17-11/h2-5,8H,6-7,13H2,1H3,(H,14,16)/t8-/m1/s1. The predicted molar refractivity (Wildman–Crippen MR) is 70.0 cm³/mol. The van der Waals surface area contributed by atoms with E-state index in [0.29, 0.717) is 6.54 Å². The molecule has 0 saturated carbocycles. The number of nitrogens with two attached hydrogens (primary N) is 1. The van der Waals surface area contributed by atoms with Crippen LogP contribution in [-0.4, -0.2) is 23.5 Å². The second kappa shape index (κ2) is 5.25. The fourth-order valence-corrected chi connectivity index (χ4v) is 2.45. The summed E-state index contributed by atoms with van der Waals surface area (Å²) in [5.41, 5.74) is 6.47. The van der Waals surface area contributed by atoms with Gasteiger partial charge >= 0.3 is 0 Å². The number of carbonyl (C=O) groups excluding carboxylic acids is 1. The Labute approximate surface area is 104 Å². The molecule has 2 aromatic rings. The molecular weight excluding hydrogens is 234 g/mol. The molecule has 90 valence electrons. The number of para-hydroxylation sites is 1. The maximum absolute atomic E-state index is 11.3. The summed E-state index contributed by atoms with van der Waals surface area (Å²) >= 11 is 1.66. The highest BCUT2D eigenvalue weighted by atomic mass is 32.1. The van der Waals surface area contributed by atoms with Crippen molar-refractivity contribution in [2.45, 2.75) is 19.4 Å². The highest BCUT2D eigenvalue weighted by molar-refractivity contribution is 7.18. The van der Waals surface area contributed by atoms with Gasteiger partial charge in [-0.1, -0.05) is 12.1 Å². The number of rotatable bonds is 4. The smallest absolute Gasteiger partial charge is 0.236 e. The van der Waals surface area contributed by atoms with Gasteiger partial charge in [-0.05, 0) is 19.1 Å². The number of hydrogen-bond donors (Lipinski definition) is 2. The summed E-state index contributed by atoms with van der Waals surface area (Å²) in [6, 6.07) is 7.57. The fraction of sp³-hybridized carbons (Fsp3) is 0.333. The minimum absolute atomic E-state index is 0.119. The van der Waals surface area contributed by atoms with Crippen molar-refractivity contribution in [1.29, 1.82) is 0 Å². The van der Waals surface area contributed by atoms with Crippen LogP contribution in [0, 0.1) is 0 Å². The second-order valence-electron chi connectivity index (χ2n) is 3.91. The Morgan fingerprint density at radius 3 is 3.00 bits per heavy atom. The molecule has 2 rings (SSSR count). The maximum atomic E-state index is 11.3. The van der Waals surface area contributed by atoms with Gasteiger partial charge in [0.05, 0.1) is 21.3 Å². The maximum Gasteiger partial charge on any atom is 0.236 e. The van der Waals surface area contributed by atoms with Gasteiger partial charge in [0.25, 0.3) is 0 Å². The molecule has 0 aliphatic carbocycles. The normalized spacial score (nSPS) is 12.6. The zero-order valence-corrected chi connectivity index (χ0v) is 10.5. The minimum Gasteiger partial charge on any atom is -0.354 e. The molecule has 0 radical (unpaired) electrons. The molecule has 3 N–H and O–H groups in total. The van der Waals surface area contributed by atoms with E-state index in [0.717, 1.165) is 16.9 Å². The number of amides is 1. The van der Waals surface area contributed by atoms with Crippen molar-refractivity contribution in [2.75, 3.05) is 6.54 Å². The number of nitrogens with zero attached hydrogens (tertiary/aromatic N) is 1. The lowest BCUT2D eigenvalue weighted by Gasteiger charge is -2.05. The van der Waals surface area contributed by atoms with Gasteiger partial charge in [-0.3, -0.25) is 4.79 Å². The summed E-state index contributed by atoms with van der Waals surface area (Å²) in [6.07, 6.45) is 0.748. The lowest BCUT2D eigenvalue weighted by molar-refractivity contribution is -0.121. The van der Waals surface area contributed by atoms with Gasteiger partial charge in [-0.15, -0.1) is 11.3 Å². The summed E-state index contributed by atoms with van der Waals surface area (Å²) in [7, 11) is 0. The van der Waals surface area contributed by atoms with Gasteiger partial charge in [-0.2, -0.15) is 0 Å². The van der Waals surface area contributed by atoms with E-state index in [1.54, 1.807) is 18.3 Å². The van der Waals surface area contributed by atoms with E-state index in [2.05, 4.69) is 16.4 Å². The molecule has 4 nitrogen and oxygen atoms in total. The van der Waals surface area contributed by atoms with E-state index in [1.807, 2.05) is 18.2 Å². The number of aromatic nitrogens is 1. The van der Waals surface area contributed by atoms with Crippen LogP contribution in [0.25, 0.3) is 10.2 Å². The van der Waals surface area contributed by atoms with E-state index in [9.17, 15) is 4.79 Å². The topological polar surface area (TPSA) is 68.0 Å². The molecule has 1 atom stereocenters. The van der Waals surface area contributed by atoms with Crippen molar-refractivity contribution < 1.29 is 4.79 Å². The van der Waals surface area contributed by atoms with Crippen molar-refractivity contribution in [3.63, 3.8) is 0 Å². The zero-order chi connectivity index (χ0) is 12.3.